The van der Waals surface area contributed by atoms with Crippen molar-refractivity contribution < 1.29 is 0 Å². The van der Waals surface area contributed by atoms with Crippen LogP contribution in [0.25, 0.3) is 11.1 Å². The predicted octanol–water partition coefficient (Wildman–Crippen LogP) is 7.44. The maximum absolute atomic E-state index is 9.71. The van der Waals surface area contributed by atoms with Gasteiger partial charge in [0.1, 0.15) is 0 Å². The number of rotatable bonds is 8. The zero-order valence-electron chi connectivity index (χ0n) is 19.3. The maximum Gasteiger partial charge on any atom is 0.0998 e. The molecule has 1 heterocycles. The van der Waals surface area contributed by atoms with Crippen LogP contribution in [0.3, 0.4) is 0 Å². The van der Waals surface area contributed by atoms with Gasteiger partial charge in [0.05, 0.1) is 11.6 Å². The average Bonchev–Trinajstić information content (AvgIpc) is 2.84. The summed E-state index contributed by atoms with van der Waals surface area (Å²) in [5.74, 6) is 3.33. The fourth-order valence-electron chi connectivity index (χ4n) is 5.07. The van der Waals surface area contributed by atoms with Gasteiger partial charge in [-0.05, 0) is 66.4 Å². The van der Waals surface area contributed by atoms with E-state index in [9.17, 15) is 5.26 Å². The van der Waals surface area contributed by atoms with E-state index in [0.29, 0.717) is 0 Å². The smallest absolute Gasteiger partial charge is 0.0998 e. The molecule has 2 nitrogen and oxygen atoms in total. The topological polar surface area (TPSA) is 27.0 Å². The highest BCUT2D eigenvalue weighted by molar-refractivity contribution is 7.42. The molecule has 0 N–H and O–H groups in total. The van der Waals surface area contributed by atoms with E-state index in [4.69, 9.17) is 0 Å². The summed E-state index contributed by atoms with van der Waals surface area (Å²) >= 11 is 0. The van der Waals surface area contributed by atoms with E-state index in [2.05, 4.69) is 72.3 Å². The molecule has 1 aliphatic heterocycles. The van der Waals surface area contributed by atoms with E-state index in [1.807, 2.05) is 6.07 Å². The molecule has 2 aromatic carbocycles. The minimum Gasteiger partial charge on any atom is -0.295 e. The van der Waals surface area contributed by atoms with E-state index < -0.39 is 0 Å². The Kier molecular flexibility index (Phi) is 8.33. The van der Waals surface area contributed by atoms with Crippen LogP contribution in [-0.4, -0.2) is 24.2 Å². The fraction of sp³-hybridized carbons (Fsp3) is 0.414. The highest BCUT2D eigenvalue weighted by Crippen LogP contribution is 2.30. The fourth-order valence-corrected chi connectivity index (χ4v) is 5.89. The molecule has 1 atom stereocenters. The maximum atomic E-state index is 9.71. The number of aryl methyl sites for hydroxylation is 1. The third-order valence-corrected chi connectivity index (χ3v) is 7.93. The Morgan fingerprint density at radius 1 is 1.03 bits per heavy atom. The Labute approximate surface area is 195 Å². The number of nitrogens with zero attached hydrogens (tertiary/aromatic N) is 2. The molecule has 0 aromatic heterocycles. The quantitative estimate of drug-likeness (QED) is 0.397. The van der Waals surface area contributed by atoms with Crippen LogP contribution in [0.1, 0.15) is 55.2 Å². The second-order valence-corrected chi connectivity index (χ2v) is 10.4. The molecule has 4 rings (SSSR count). The second-order valence-electron chi connectivity index (χ2n) is 9.34. The van der Waals surface area contributed by atoms with Gasteiger partial charge in [-0.25, -0.2) is 0 Å². The van der Waals surface area contributed by atoms with Crippen molar-refractivity contribution in [3.8, 4) is 17.2 Å². The van der Waals surface area contributed by atoms with Crippen LogP contribution in [0.4, 0.5) is 0 Å². The normalized spacial score (nSPS) is 17.5. The van der Waals surface area contributed by atoms with Gasteiger partial charge in [0.2, 0.25) is 0 Å². The van der Waals surface area contributed by atoms with E-state index in [-0.39, 0.29) is 0 Å². The van der Waals surface area contributed by atoms with Crippen molar-refractivity contribution in [2.75, 3.05) is 19.3 Å². The molecule has 1 aliphatic carbocycles. The van der Waals surface area contributed by atoms with Gasteiger partial charge in [-0.3, -0.25) is 4.90 Å². The summed E-state index contributed by atoms with van der Waals surface area (Å²) in [5, 5.41) is 9.71. The van der Waals surface area contributed by atoms with Crippen LogP contribution in [0.2, 0.25) is 0 Å². The van der Waals surface area contributed by atoms with Gasteiger partial charge in [0, 0.05) is 18.7 Å². The minimum absolute atomic E-state index is 0.760. The zero-order chi connectivity index (χ0) is 22.2. The molecule has 0 spiro atoms. The van der Waals surface area contributed by atoms with E-state index in [0.717, 1.165) is 45.3 Å². The average molecular weight is 443 g/mol. The first kappa shape index (κ1) is 23.0. The third-order valence-electron chi connectivity index (χ3n) is 6.89. The Morgan fingerprint density at radius 2 is 1.88 bits per heavy atom. The standard InChI is InChI=1S/C29H35N2P/c1-23-8-5-6-12-28(23)29-18-25(13-14-27(29)19-30)20-31(21-26-11-7-17-32-22-26)16-15-24-9-3-2-4-10-24/h5-8,11-14,18,22,24,32H,2-4,9-10,15-17,20-21H2,1H3. The van der Waals surface area contributed by atoms with Crippen LogP contribution in [-0.2, 0) is 6.54 Å². The Bertz CT molecular complexity index is 1010. The molecule has 32 heavy (non-hydrogen) atoms. The summed E-state index contributed by atoms with van der Waals surface area (Å²) in [4.78, 5) is 2.63. The molecular formula is C29H35N2P. The first-order chi connectivity index (χ1) is 15.7. The van der Waals surface area contributed by atoms with Gasteiger partial charge < -0.3 is 0 Å². The Hall–Kier alpha value is -2.20. The van der Waals surface area contributed by atoms with Crippen LogP contribution >= 0.6 is 8.58 Å². The highest BCUT2D eigenvalue weighted by Gasteiger charge is 2.17. The lowest BCUT2D eigenvalue weighted by atomic mass is 9.87. The van der Waals surface area contributed by atoms with Crippen LogP contribution in [0, 0.1) is 24.2 Å². The molecule has 1 fully saturated rings. The molecule has 1 saturated carbocycles. The summed E-state index contributed by atoms with van der Waals surface area (Å²) in [7, 11) is 0.920. The lowest BCUT2D eigenvalue weighted by molar-refractivity contribution is 0.240. The molecule has 2 aliphatic rings. The summed E-state index contributed by atoms with van der Waals surface area (Å²) in [6.07, 6.45) is 14.2. The molecule has 2 aromatic rings. The van der Waals surface area contributed by atoms with Gasteiger partial charge in [-0.1, -0.05) is 89.0 Å². The van der Waals surface area contributed by atoms with Crippen molar-refractivity contribution in [1.82, 2.24) is 4.90 Å². The monoisotopic (exact) mass is 442 g/mol. The SMILES string of the molecule is Cc1ccccc1-c1cc(CN(CCC2CCCCC2)CC2=CPCC=C2)ccc1C#N. The van der Waals surface area contributed by atoms with E-state index >= 15 is 0 Å². The van der Waals surface area contributed by atoms with E-state index in [1.54, 1.807) is 0 Å². The number of hydrogen-bond donors (Lipinski definition) is 0. The highest BCUT2D eigenvalue weighted by atomic mass is 31.1. The minimum atomic E-state index is 0.760. The second kappa shape index (κ2) is 11.6. The Morgan fingerprint density at radius 3 is 2.62 bits per heavy atom. The summed E-state index contributed by atoms with van der Waals surface area (Å²) in [6, 6.07) is 17.2. The molecule has 166 valence electrons. The van der Waals surface area contributed by atoms with Gasteiger partial charge in [0.25, 0.3) is 0 Å². The first-order valence-corrected chi connectivity index (χ1v) is 13.4. The van der Waals surface area contributed by atoms with E-state index in [1.165, 1.54) is 67.0 Å². The lowest BCUT2D eigenvalue weighted by Gasteiger charge is -2.28. The molecule has 0 amide bonds. The lowest BCUT2D eigenvalue weighted by Crippen LogP contribution is -2.28. The largest absolute Gasteiger partial charge is 0.295 e. The number of benzene rings is 2. The predicted molar refractivity (Wildman–Crippen MR) is 138 cm³/mol. The number of allylic oxidation sites excluding steroid dienone is 1. The third kappa shape index (κ3) is 6.19. The van der Waals surface area contributed by atoms with Crippen molar-refractivity contribution in [3.05, 3.63) is 82.7 Å². The van der Waals surface area contributed by atoms with Crippen molar-refractivity contribution in [3.63, 3.8) is 0 Å². The molecule has 0 bridgehead atoms. The van der Waals surface area contributed by atoms with Crippen LogP contribution < -0.4 is 0 Å². The van der Waals surface area contributed by atoms with Gasteiger partial charge in [-0.15, -0.1) is 0 Å². The molecule has 3 heteroatoms. The van der Waals surface area contributed by atoms with Crippen LogP contribution in [0.5, 0.6) is 0 Å². The van der Waals surface area contributed by atoms with Crippen LogP contribution in [0.15, 0.2) is 66.0 Å². The van der Waals surface area contributed by atoms with Gasteiger partial charge in [0.15, 0.2) is 0 Å². The molecule has 0 saturated heterocycles. The van der Waals surface area contributed by atoms with Crippen molar-refractivity contribution in [2.24, 2.45) is 5.92 Å². The van der Waals surface area contributed by atoms with Crippen molar-refractivity contribution >= 4 is 8.58 Å². The van der Waals surface area contributed by atoms with Gasteiger partial charge >= 0.3 is 0 Å². The summed E-state index contributed by atoms with van der Waals surface area (Å²) in [5.41, 5.74) is 6.97. The molecule has 0 radical (unpaired) electrons. The first-order valence-electron chi connectivity index (χ1n) is 12.1. The number of hydrogen-bond acceptors (Lipinski definition) is 2. The molecule has 1 unspecified atom stereocenters. The summed E-state index contributed by atoms with van der Waals surface area (Å²) in [6.45, 7) is 5.24. The van der Waals surface area contributed by atoms with Crippen molar-refractivity contribution in [2.45, 2.75) is 52.0 Å². The Balaban J connectivity index is 1.54. The van der Waals surface area contributed by atoms with Crippen molar-refractivity contribution in [1.29, 1.82) is 5.26 Å². The molecular weight excluding hydrogens is 407 g/mol. The van der Waals surface area contributed by atoms with Gasteiger partial charge in [-0.2, -0.15) is 5.26 Å². The number of nitriles is 1. The zero-order valence-corrected chi connectivity index (χ0v) is 20.3. The summed E-state index contributed by atoms with van der Waals surface area (Å²) < 4.78 is 0.